The van der Waals surface area contributed by atoms with Crippen molar-refractivity contribution >= 4 is 11.5 Å². The zero-order valence-electron chi connectivity index (χ0n) is 11.5. The lowest BCUT2D eigenvalue weighted by Gasteiger charge is -2.15. The molecule has 0 aromatic carbocycles. The van der Waals surface area contributed by atoms with Crippen molar-refractivity contribution in [2.75, 3.05) is 5.73 Å². The van der Waals surface area contributed by atoms with E-state index >= 15 is 0 Å². The highest BCUT2D eigenvalue weighted by atomic mass is 19.4. The van der Waals surface area contributed by atoms with Gasteiger partial charge in [0.25, 0.3) is 0 Å². The summed E-state index contributed by atoms with van der Waals surface area (Å²) >= 11 is 0. The largest absolute Gasteiger partial charge is 0.395 e. The smallest absolute Gasteiger partial charge is 0.367 e. The number of alkyl halides is 3. The number of nitrogens with zero attached hydrogens (tertiary/aromatic N) is 4. The van der Waals surface area contributed by atoms with Gasteiger partial charge in [0.1, 0.15) is 0 Å². The highest BCUT2D eigenvalue weighted by Crippen LogP contribution is 2.34. The van der Waals surface area contributed by atoms with Crippen molar-refractivity contribution in [2.45, 2.75) is 19.0 Å². The molecule has 0 aliphatic rings. The standard InChI is InChI=1S/C14H12F3N5/c1-8(14(15,16)17)9-2-4-11(19-6-9)12-5-3-10-7-20-13(18)21-22(10)12/h2-8H,1H3,(H2,18,21). The van der Waals surface area contributed by atoms with Crippen molar-refractivity contribution in [3.8, 4) is 11.4 Å². The van der Waals surface area contributed by atoms with Gasteiger partial charge in [0.2, 0.25) is 5.95 Å². The Bertz CT molecular complexity index is 807. The highest BCUT2D eigenvalue weighted by Gasteiger charge is 2.37. The summed E-state index contributed by atoms with van der Waals surface area (Å²) in [7, 11) is 0. The highest BCUT2D eigenvalue weighted by molar-refractivity contribution is 5.63. The molecule has 0 spiro atoms. The van der Waals surface area contributed by atoms with Crippen LogP contribution in [-0.4, -0.2) is 25.8 Å². The summed E-state index contributed by atoms with van der Waals surface area (Å²) in [4.78, 5) is 7.99. The normalized spacial score (nSPS) is 13.5. The minimum atomic E-state index is -4.29. The van der Waals surface area contributed by atoms with Crippen LogP contribution in [0.3, 0.4) is 0 Å². The Hall–Kier alpha value is -2.64. The molecular weight excluding hydrogens is 295 g/mol. The van der Waals surface area contributed by atoms with Crippen LogP contribution >= 0.6 is 0 Å². The molecule has 0 saturated carbocycles. The Kier molecular flexibility index (Phi) is 3.23. The van der Waals surface area contributed by atoms with Crippen LogP contribution in [0.4, 0.5) is 19.1 Å². The maximum absolute atomic E-state index is 12.7. The summed E-state index contributed by atoms with van der Waals surface area (Å²) < 4.78 is 39.6. The van der Waals surface area contributed by atoms with E-state index in [0.29, 0.717) is 11.4 Å². The molecule has 0 fully saturated rings. The van der Waals surface area contributed by atoms with Crippen LogP contribution in [0.15, 0.2) is 36.7 Å². The zero-order valence-corrected chi connectivity index (χ0v) is 11.5. The molecule has 0 radical (unpaired) electrons. The number of halogens is 3. The van der Waals surface area contributed by atoms with E-state index in [2.05, 4.69) is 15.1 Å². The van der Waals surface area contributed by atoms with E-state index in [4.69, 9.17) is 5.73 Å². The van der Waals surface area contributed by atoms with Crippen molar-refractivity contribution in [1.82, 2.24) is 19.6 Å². The summed E-state index contributed by atoms with van der Waals surface area (Å²) in [5.74, 6) is -1.46. The predicted octanol–water partition coefficient (Wildman–Crippen LogP) is 3.04. The molecule has 114 valence electrons. The Morgan fingerprint density at radius 2 is 1.86 bits per heavy atom. The van der Waals surface area contributed by atoms with Crippen molar-refractivity contribution in [1.29, 1.82) is 0 Å². The molecule has 0 bridgehead atoms. The van der Waals surface area contributed by atoms with Gasteiger partial charge in [0.05, 0.1) is 29.0 Å². The number of aromatic nitrogens is 4. The van der Waals surface area contributed by atoms with Gasteiger partial charge in [-0.1, -0.05) is 6.07 Å². The molecule has 1 atom stereocenters. The van der Waals surface area contributed by atoms with E-state index in [9.17, 15) is 13.2 Å². The molecule has 0 amide bonds. The van der Waals surface area contributed by atoms with E-state index in [1.54, 1.807) is 22.8 Å². The molecule has 8 heteroatoms. The number of fused-ring (bicyclic) bond motifs is 1. The molecular formula is C14H12F3N5. The van der Waals surface area contributed by atoms with Gasteiger partial charge in [-0.15, -0.1) is 5.10 Å². The monoisotopic (exact) mass is 307 g/mol. The van der Waals surface area contributed by atoms with Crippen LogP contribution in [0.1, 0.15) is 18.4 Å². The van der Waals surface area contributed by atoms with E-state index < -0.39 is 12.1 Å². The second-order valence-electron chi connectivity index (χ2n) is 4.91. The molecule has 0 aliphatic heterocycles. The van der Waals surface area contributed by atoms with E-state index in [0.717, 1.165) is 12.4 Å². The average Bonchev–Trinajstić information content (AvgIpc) is 2.88. The first-order valence-corrected chi connectivity index (χ1v) is 6.49. The Morgan fingerprint density at radius 1 is 1.09 bits per heavy atom. The number of nitrogens with two attached hydrogens (primary N) is 1. The van der Waals surface area contributed by atoms with E-state index in [-0.39, 0.29) is 11.5 Å². The number of anilines is 1. The quantitative estimate of drug-likeness (QED) is 0.790. The zero-order chi connectivity index (χ0) is 15.9. The van der Waals surface area contributed by atoms with Crippen LogP contribution in [-0.2, 0) is 0 Å². The lowest BCUT2D eigenvalue weighted by molar-refractivity contribution is -0.146. The van der Waals surface area contributed by atoms with Gasteiger partial charge in [0, 0.05) is 6.20 Å². The third-order valence-electron chi connectivity index (χ3n) is 3.46. The van der Waals surface area contributed by atoms with Crippen LogP contribution in [0, 0.1) is 0 Å². The fourth-order valence-electron chi connectivity index (χ4n) is 2.11. The first-order chi connectivity index (χ1) is 10.4. The second-order valence-corrected chi connectivity index (χ2v) is 4.91. The summed E-state index contributed by atoms with van der Waals surface area (Å²) in [5.41, 5.74) is 7.54. The number of hydrogen-bond donors (Lipinski definition) is 1. The molecule has 2 N–H and O–H groups in total. The molecule has 0 saturated heterocycles. The minimum Gasteiger partial charge on any atom is -0.367 e. The van der Waals surface area contributed by atoms with Gasteiger partial charge in [-0.3, -0.25) is 4.98 Å². The topological polar surface area (TPSA) is 69.1 Å². The van der Waals surface area contributed by atoms with Gasteiger partial charge >= 0.3 is 6.18 Å². The molecule has 5 nitrogen and oxygen atoms in total. The first kappa shape index (κ1) is 14.3. The number of hydrogen-bond acceptors (Lipinski definition) is 4. The molecule has 22 heavy (non-hydrogen) atoms. The fraction of sp³-hybridized carbons (Fsp3) is 0.214. The summed E-state index contributed by atoms with van der Waals surface area (Å²) in [6.45, 7) is 1.11. The Morgan fingerprint density at radius 3 is 2.50 bits per heavy atom. The number of rotatable bonds is 2. The van der Waals surface area contributed by atoms with Gasteiger partial charge in [-0.25, -0.2) is 9.50 Å². The van der Waals surface area contributed by atoms with Gasteiger partial charge in [-0.05, 0) is 30.7 Å². The molecule has 3 aromatic rings. The van der Waals surface area contributed by atoms with Gasteiger partial charge in [0.15, 0.2) is 0 Å². The average molecular weight is 307 g/mol. The summed E-state index contributed by atoms with van der Waals surface area (Å²) in [5, 5.41) is 4.07. The second kappa shape index (κ2) is 4.97. The molecule has 3 heterocycles. The molecule has 0 aliphatic carbocycles. The van der Waals surface area contributed by atoms with Crippen LogP contribution < -0.4 is 5.73 Å². The molecule has 1 unspecified atom stereocenters. The SMILES string of the molecule is CC(c1ccc(-c2ccc3cnc(N)nn23)nc1)C(F)(F)F. The van der Waals surface area contributed by atoms with Gasteiger partial charge < -0.3 is 5.73 Å². The maximum atomic E-state index is 12.7. The lowest BCUT2D eigenvalue weighted by Crippen LogP contribution is -2.17. The fourth-order valence-corrected chi connectivity index (χ4v) is 2.11. The third-order valence-corrected chi connectivity index (χ3v) is 3.46. The molecule has 3 aromatic heterocycles. The van der Waals surface area contributed by atoms with Gasteiger partial charge in [-0.2, -0.15) is 13.2 Å². The maximum Gasteiger partial charge on any atom is 0.395 e. The molecule has 3 rings (SSSR count). The Labute approximate surface area is 123 Å². The predicted molar refractivity (Wildman–Crippen MR) is 75.1 cm³/mol. The van der Waals surface area contributed by atoms with Crippen LogP contribution in [0.5, 0.6) is 0 Å². The van der Waals surface area contributed by atoms with Crippen molar-refractivity contribution in [2.24, 2.45) is 0 Å². The van der Waals surface area contributed by atoms with E-state index in [1.807, 2.05) is 0 Å². The van der Waals surface area contributed by atoms with Crippen molar-refractivity contribution < 1.29 is 13.2 Å². The van der Waals surface area contributed by atoms with E-state index in [1.165, 1.54) is 18.3 Å². The van der Waals surface area contributed by atoms with Crippen LogP contribution in [0.25, 0.3) is 16.9 Å². The third kappa shape index (κ3) is 2.47. The first-order valence-electron chi connectivity index (χ1n) is 6.49. The van der Waals surface area contributed by atoms with Crippen molar-refractivity contribution in [3.05, 3.63) is 42.2 Å². The summed E-state index contributed by atoms with van der Waals surface area (Å²) in [6.07, 6.45) is -1.49. The number of pyridine rings is 1. The van der Waals surface area contributed by atoms with Crippen LogP contribution in [0.2, 0.25) is 0 Å². The number of nitrogen functional groups attached to an aromatic ring is 1. The lowest BCUT2D eigenvalue weighted by atomic mass is 10.0. The Balaban J connectivity index is 2.00. The summed E-state index contributed by atoms with van der Waals surface area (Å²) in [6, 6.07) is 6.50. The minimum absolute atomic E-state index is 0.104. The van der Waals surface area contributed by atoms with Crippen molar-refractivity contribution in [3.63, 3.8) is 0 Å².